The Morgan fingerprint density at radius 3 is 2.43 bits per heavy atom. The van der Waals surface area contributed by atoms with Crippen molar-refractivity contribution in [3.8, 4) is 0 Å². The van der Waals surface area contributed by atoms with Crippen LogP contribution in [0.5, 0.6) is 0 Å². The van der Waals surface area contributed by atoms with E-state index in [1.54, 1.807) is 0 Å². The van der Waals surface area contributed by atoms with Crippen molar-refractivity contribution in [1.82, 2.24) is 10.2 Å². The van der Waals surface area contributed by atoms with E-state index in [1.807, 2.05) is 4.90 Å². The Labute approximate surface area is 128 Å². The quantitative estimate of drug-likeness (QED) is 0.575. The third kappa shape index (κ3) is 8.58. The molecule has 0 aromatic rings. The molecule has 5 nitrogen and oxygen atoms in total. The molecule has 2 amide bonds. The van der Waals surface area contributed by atoms with E-state index in [2.05, 4.69) is 19.2 Å². The maximum atomic E-state index is 12.2. The lowest BCUT2D eigenvalue weighted by molar-refractivity contribution is -0.137. The first-order valence-corrected chi connectivity index (χ1v) is 8.27. The molecule has 5 heteroatoms. The molecule has 0 heterocycles. The minimum absolute atomic E-state index is 0.0729. The molecule has 122 valence electrons. The zero-order valence-corrected chi connectivity index (χ0v) is 13.4. The average Bonchev–Trinajstić information content (AvgIpc) is 3.21. The minimum atomic E-state index is -0.728. The van der Waals surface area contributed by atoms with Crippen LogP contribution < -0.4 is 5.32 Å². The Kier molecular flexibility index (Phi) is 8.16. The molecule has 0 radical (unpaired) electrons. The first-order valence-electron chi connectivity index (χ1n) is 8.27. The fraction of sp³-hybridized carbons (Fsp3) is 0.875. The summed E-state index contributed by atoms with van der Waals surface area (Å²) in [5.41, 5.74) is 0. The van der Waals surface area contributed by atoms with E-state index in [-0.39, 0.29) is 12.5 Å². The maximum Gasteiger partial charge on any atom is 0.317 e. The second kappa shape index (κ2) is 9.64. The van der Waals surface area contributed by atoms with E-state index in [0.29, 0.717) is 18.5 Å². The number of hydrogen-bond donors (Lipinski definition) is 2. The number of nitrogens with one attached hydrogen (secondary N) is 1. The lowest BCUT2D eigenvalue weighted by Gasteiger charge is -2.23. The van der Waals surface area contributed by atoms with Crippen LogP contribution in [0.15, 0.2) is 0 Å². The molecule has 0 aromatic heterocycles. The first kappa shape index (κ1) is 17.8. The zero-order valence-electron chi connectivity index (χ0n) is 13.4. The van der Waals surface area contributed by atoms with E-state index in [0.717, 1.165) is 51.5 Å². The summed E-state index contributed by atoms with van der Waals surface area (Å²) < 4.78 is 0. The van der Waals surface area contributed by atoms with Crippen LogP contribution in [0.4, 0.5) is 4.79 Å². The zero-order chi connectivity index (χ0) is 15.7. The van der Waals surface area contributed by atoms with Gasteiger partial charge in [0.25, 0.3) is 0 Å². The van der Waals surface area contributed by atoms with Crippen LogP contribution in [0.1, 0.15) is 65.2 Å². The van der Waals surface area contributed by atoms with Crippen molar-refractivity contribution in [2.24, 2.45) is 5.92 Å². The summed E-state index contributed by atoms with van der Waals surface area (Å²) in [7, 11) is 0. The van der Waals surface area contributed by atoms with Crippen LogP contribution in [0, 0.1) is 5.92 Å². The van der Waals surface area contributed by atoms with Gasteiger partial charge in [0.2, 0.25) is 0 Å². The highest BCUT2D eigenvalue weighted by atomic mass is 16.4. The molecule has 0 atom stereocenters. The highest BCUT2D eigenvalue weighted by Crippen LogP contribution is 2.27. The van der Waals surface area contributed by atoms with Crippen molar-refractivity contribution in [2.45, 2.75) is 71.3 Å². The lowest BCUT2D eigenvalue weighted by atomic mass is 10.1. The lowest BCUT2D eigenvalue weighted by Crippen LogP contribution is -2.42. The number of carbonyl (C=O) groups is 2. The number of hydrogen-bond acceptors (Lipinski definition) is 2. The van der Waals surface area contributed by atoms with Gasteiger partial charge >= 0.3 is 12.0 Å². The largest absolute Gasteiger partial charge is 0.481 e. The van der Waals surface area contributed by atoms with Gasteiger partial charge < -0.3 is 15.3 Å². The summed E-state index contributed by atoms with van der Waals surface area (Å²) in [4.78, 5) is 24.5. The normalized spacial score (nSPS) is 14.2. The standard InChI is InChI=1S/C16H30N2O3/c1-13(2)10-12-18(14-8-9-14)16(21)17-11-6-4-3-5-7-15(19)20/h13-14H,3-12H2,1-2H3,(H,17,21)(H,19,20). The number of nitrogens with zero attached hydrogens (tertiary/aromatic N) is 1. The van der Waals surface area contributed by atoms with Gasteiger partial charge in [-0.15, -0.1) is 0 Å². The van der Waals surface area contributed by atoms with Crippen molar-refractivity contribution in [1.29, 1.82) is 0 Å². The minimum Gasteiger partial charge on any atom is -0.481 e. The summed E-state index contributed by atoms with van der Waals surface area (Å²) in [5.74, 6) is -0.109. The van der Waals surface area contributed by atoms with Gasteiger partial charge in [-0.3, -0.25) is 4.79 Å². The van der Waals surface area contributed by atoms with Crippen LogP contribution in [0.2, 0.25) is 0 Å². The number of rotatable bonds is 11. The van der Waals surface area contributed by atoms with Crippen molar-refractivity contribution in [2.75, 3.05) is 13.1 Å². The Bertz CT molecular complexity index is 327. The summed E-state index contributed by atoms with van der Waals surface area (Å²) in [5, 5.41) is 11.5. The second-order valence-corrected chi connectivity index (χ2v) is 6.40. The molecule has 2 N–H and O–H groups in total. The predicted molar refractivity (Wildman–Crippen MR) is 83.3 cm³/mol. The molecular formula is C16H30N2O3. The molecular weight excluding hydrogens is 268 g/mol. The third-order valence-electron chi connectivity index (χ3n) is 3.79. The SMILES string of the molecule is CC(C)CCN(C(=O)NCCCCCCC(=O)O)C1CC1. The molecule has 0 aromatic carbocycles. The Balaban J connectivity index is 2.09. The Morgan fingerprint density at radius 2 is 1.86 bits per heavy atom. The molecule has 1 fully saturated rings. The van der Waals surface area contributed by atoms with Gasteiger partial charge in [-0.05, 0) is 38.0 Å². The van der Waals surface area contributed by atoms with E-state index in [4.69, 9.17) is 5.11 Å². The second-order valence-electron chi connectivity index (χ2n) is 6.40. The van der Waals surface area contributed by atoms with Crippen molar-refractivity contribution >= 4 is 12.0 Å². The van der Waals surface area contributed by atoms with Crippen molar-refractivity contribution in [3.63, 3.8) is 0 Å². The summed E-state index contributed by atoms with van der Waals surface area (Å²) >= 11 is 0. The Hall–Kier alpha value is -1.26. The summed E-state index contributed by atoms with van der Waals surface area (Å²) in [6, 6.07) is 0.531. The fourth-order valence-corrected chi connectivity index (χ4v) is 2.29. The molecule has 1 saturated carbocycles. The van der Waals surface area contributed by atoms with Crippen LogP contribution in [0.25, 0.3) is 0 Å². The number of unbranched alkanes of at least 4 members (excludes halogenated alkanes) is 3. The Morgan fingerprint density at radius 1 is 1.19 bits per heavy atom. The van der Waals surface area contributed by atoms with Crippen LogP contribution >= 0.6 is 0 Å². The first-order chi connectivity index (χ1) is 10.0. The fourth-order valence-electron chi connectivity index (χ4n) is 2.29. The molecule has 0 saturated heterocycles. The molecule has 1 rings (SSSR count). The molecule has 0 bridgehead atoms. The van der Waals surface area contributed by atoms with Gasteiger partial charge in [0.1, 0.15) is 0 Å². The highest BCUT2D eigenvalue weighted by molar-refractivity contribution is 5.74. The van der Waals surface area contributed by atoms with Crippen molar-refractivity contribution < 1.29 is 14.7 Å². The number of urea groups is 1. The monoisotopic (exact) mass is 298 g/mol. The molecule has 21 heavy (non-hydrogen) atoms. The van der Waals surface area contributed by atoms with Gasteiger partial charge in [0, 0.05) is 25.6 Å². The third-order valence-corrected chi connectivity index (χ3v) is 3.79. The number of aliphatic carboxylic acids is 1. The van der Waals surface area contributed by atoms with E-state index >= 15 is 0 Å². The number of amides is 2. The van der Waals surface area contributed by atoms with Crippen LogP contribution in [-0.2, 0) is 4.79 Å². The molecule has 0 spiro atoms. The van der Waals surface area contributed by atoms with Crippen LogP contribution in [0.3, 0.4) is 0 Å². The van der Waals surface area contributed by atoms with Gasteiger partial charge in [0.15, 0.2) is 0 Å². The average molecular weight is 298 g/mol. The van der Waals surface area contributed by atoms with Gasteiger partial charge in [-0.25, -0.2) is 4.79 Å². The maximum absolute atomic E-state index is 12.2. The molecule has 0 aliphatic heterocycles. The molecule has 1 aliphatic rings. The van der Waals surface area contributed by atoms with Crippen molar-refractivity contribution in [3.05, 3.63) is 0 Å². The van der Waals surface area contributed by atoms with Gasteiger partial charge in [-0.2, -0.15) is 0 Å². The summed E-state index contributed by atoms with van der Waals surface area (Å²) in [6.07, 6.45) is 7.13. The molecule has 1 aliphatic carbocycles. The predicted octanol–water partition coefficient (Wildman–Crippen LogP) is 3.24. The van der Waals surface area contributed by atoms with Crippen LogP contribution in [-0.4, -0.2) is 41.1 Å². The van der Waals surface area contributed by atoms with Gasteiger partial charge in [-0.1, -0.05) is 26.7 Å². The molecule has 0 unspecified atom stereocenters. The number of carbonyl (C=O) groups excluding carboxylic acids is 1. The number of carboxylic acid groups (broad SMARTS) is 1. The smallest absolute Gasteiger partial charge is 0.317 e. The van der Waals surface area contributed by atoms with E-state index in [1.165, 1.54) is 0 Å². The van der Waals surface area contributed by atoms with E-state index in [9.17, 15) is 9.59 Å². The van der Waals surface area contributed by atoms with Gasteiger partial charge in [0.05, 0.1) is 0 Å². The summed E-state index contributed by atoms with van der Waals surface area (Å²) in [6.45, 7) is 5.91. The topological polar surface area (TPSA) is 69.6 Å². The highest BCUT2D eigenvalue weighted by Gasteiger charge is 2.32. The number of carboxylic acids is 1. The van der Waals surface area contributed by atoms with E-state index < -0.39 is 5.97 Å².